The molecular formula is C15H11F3N4O2. The summed E-state index contributed by atoms with van der Waals surface area (Å²) < 4.78 is 45.8. The summed E-state index contributed by atoms with van der Waals surface area (Å²) in [6.07, 6.45) is -1.85. The Bertz CT molecular complexity index is 900. The van der Waals surface area contributed by atoms with Crippen LogP contribution < -0.4 is 0 Å². The fourth-order valence-electron chi connectivity index (χ4n) is 2.33. The Kier molecular flexibility index (Phi) is 3.92. The third-order valence-electron chi connectivity index (χ3n) is 3.29. The number of nitrogens with zero attached hydrogens (tertiary/aromatic N) is 4. The van der Waals surface area contributed by atoms with Crippen LogP contribution in [0.1, 0.15) is 23.1 Å². The van der Waals surface area contributed by atoms with Crippen molar-refractivity contribution in [3.05, 3.63) is 48.0 Å². The first-order valence-corrected chi connectivity index (χ1v) is 6.96. The number of hydrogen-bond donors (Lipinski definition) is 0. The first-order chi connectivity index (χ1) is 11.4. The van der Waals surface area contributed by atoms with Crippen LogP contribution in [0.5, 0.6) is 0 Å². The molecule has 0 aliphatic carbocycles. The maximum absolute atomic E-state index is 13.5. The largest absolute Gasteiger partial charge is 0.461 e. The van der Waals surface area contributed by atoms with Gasteiger partial charge < -0.3 is 4.74 Å². The minimum absolute atomic E-state index is 0.0665. The lowest BCUT2D eigenvalue weighted by Crippen LogP contribution is -2.19. The van der Waals surface area contributed by atoms with E-state index in [0.29, 0.717) is 15.5 Å². The Hall–Kier alpha value is -2.97. The van der Waals surface area contributed by atoms with Crippen LogP contribution in [-0.4, -0.2) is 32.6 Å². The highest BCUT2D eigenvalue weighted by Gasteiger charge is 2.42. The molecule has 3 rings (SSSR count). The van der Waals surface area contributed by atoms with Crippen LogP contribution in [0.25, 0.3) is 16.5 Å². The van der Waals surface area contributed by atoms with Crippen LogP contribution in [0.2, 0.25) is 0 Å². The quantitative estimate of drug-likeness (QED) is 0.688. The van der Waals surface area contributed by atoms with Crippen molar-refractivity contribution in [2.45, 2.75) is 13.1 Å². The van der Waals surface area contributed by atoms with Gasteiger partial charge in [0.05, 0.1) is 12.3 Å². The van der Waals surface area contributed by atoms with Crippen LogP contribution in [-0.2, 0) is 10.9 Å². The molecule has 0 radical (unpaired) electrons. The topological polar surface area (TPSA) is 69.9 Å². The SMILES string of the molecule is CCOC(=O)c1nnn(-c2cccc3cnccc23)c1C(F)(F)F. The van der Waals surface area contributed by atoms with Crippen LogP contribution in [0.3, 0.4) is 0 Å². The Balaban J connectivity index is 2.26. The molecule has 0 saturated heterocycles. The molecule has 0 unspecified atom stereocenters. The maximum atomic E-state index is 13.5. The van der Waals surface area contributed by atoms with Gasteiger partial charge in [0.15, 0.2) is 5.69 Å². The van der Waals surface area contributed by atoms with Crippen LogP contribution in [0.4, 0.5) is 13.2 Å². The first-order valence-electron chi connectivity index (χ1n) is 6.96. The number of aromatic nitrogens is 4. The summed E-state index contributed by atoms with van der Waals surface area (Å²) in [4.78, 5) is 15.7. The molecule has 0 bridgehead atoms. The van der Waals surface area contributed by atoms with Crippen molar-refractivity contribution in [1.82, 2.24) is 20.0 Å². The molecule has 0 aliphatic heterocycles. The molecule has 0 N–H and O–H groups in total. The van der Waals surface area contributed by atoms with E-state index >= 15 is 0 Å². The van der Waals surface area contributed by atoms with Crippen molar-refractivity contribution >= 4 is 16.7 Å². The minimum Gasteiger partial charge on any atom is -0.461 e. The molecule has 6 nitrogen and oxygen atoms in total. The fraction of sp³-hybridized carbons (Fsp3) is 0.200. The molecule has 1 aromatic carbocycles. The van der Waals surface area contributed by atoms with E-state index in [1.807, 2.05) is 0 Å². The van der Waals surface area contributed by atoms with Gasteiger partial charge in [0.1, 0.15) is 0 Å². The second kappa shape index (κ2) is 5.91. The summed E-state index contributed by atoms with van der Waals surface area (Å²) in [7, 11) is 0. The summed E-state index contributed by atoms with van der Waals surface area (Å²) in [5, 5.41) is 8.05. The number of benzene rings is 1. The van der Waals surface area contributed by atoms with E-state index in [2.05, 4.69) is 20.0 Å². The minimum atomic E-state index is -4.83. The second-order valence-electron chi connectivity index (χ2n) is 4.79. The predicted octanol–water partition coefficient (Wildman–Crippen LogP) is 3.01. The summed E-state index contributed by atoms with van der Waals surface area (Å²) in [5.74, 6) is -1.17. The number of pyridine rings is 1. The average Bonchev–Trinajstić information content (AvgIpc) is 3.00. The number of rotatable bonds is 3. The van der Waals surface area contributed by atoms with Gasteiger partial charge in [0, 0.05) is 23.2 Å². The standard InChI is InChI=1S/C15H11F3N4O2/c1-2-24-14(23)12-13(15(16,17)18)22(21-20-12)11-5-3-4-9-8-19-7-6-10(9)11/h3-8H,2H2,1H3. The van der Waals surface area contributed by atoms with Crippen LogP contribution >= 0.6 is 0 Å². The Labute approximate surface area is 133 Å². The summed E-state index contributed by atoms with van der Waals surface area (Å²) in [5.41, 5.74) is -1.99. The zero-order valence-corrected chi connectivity index (χ0v) is 12.4. The highest BCUT2D eigenvalue weighted by Crippen LogP contribution is 2.34. The monoisotopic (exact) mass is 336 g/mol. The highest BCUT2D eigenvalue weighted by molar-refractivity contribution is 5.91. The molecule has 0 atom stereocenters. The van der Waals surface area contributed by atoms with Crippen LogP contribution in [0.15, 0.2) is 36.7 Å². The molecule has 0 aliphatic rings. The van der Waals surface area contributed by atoms with Crippen molar-refractivity contribution in [3.63, 3.8) is 0 Å². The number of esters is 1. The Morgan fingerprint density at radius 3 is 2.79 bits per heavy atom. The number of ether oxygens (including phenoxy) is 1. The predicted molar refractivity (Wildman–Crippen MR) is 77.6 cm³/mol. The zero-order chi connectivity index (χ0) is 17.3. The summed E-state index contributed by atoms with van der Waals surface area (Å²) in [6.45, 7) is 1.43. The molecule has 2 heterocycles. The van der Waals surface area contributed by atoms with E-state index in [9.17, 15) is 18.0 Å². The Morgan fingerprint density at radius 2 is 2.08 bits per heavy atom. The van der Waals surface area contributed by atoms with Crippen molar-refractivity contribution in [1.29, 1.82) is 0 Å². The molecule has 3 aromatic rings. The smallest absolute Gasteiger partial charge is 0.436 e. The Morgan fingerprint density at radius 1 is 1.29 bits per heavy atom. The van der Waals surface area contributed by atoms with E-state index in [1.54, 1.807) is 18.2 Å². The third kappa shape index (κ3) is 2.68. The van der Waals surface area contributed by atoms with Gasteiger partial charge in [-0.25, -0.2) is 9.48 Å². The average molecular weight is 336 g/mol. The van der Waals surface area contributed by atoms with Gasteiger partial charge in [-0.15, -0.1) is 5.10 Å². The molecular weight excluding hydrogens is 325 g/mol. The first kappa shape index (κ1) is 15.9. The van der Waals surface area contributed by atoms with Crippen molar-refractivity contribution in [3.8, 4) is 5.69 Å². The number of fused-ring (bicyclic) bond motifs is 1. The van der Waals surface area contributed by atoms with E-state index in [-0.39, 0.29) is 12.3 Å². The zero-order valence-electron chi connectivity index (χ0n) is 12.4. The van der Waals surface area contributed by atoms with Gasteiger partial charge in [0.25, 0.3) is 0 Å². The van der Waals surface area contributed by atoms with Gasteiger partial charge in [-0.05, 0) is 19.1 Å². The van der Waals surface area contributed by atoms with Gasteiger partial charge in [-0.3, -0.25) is 4.98 Å². The third-order valence-corrected chi connectivity index (χ3v) is 3.29. The van der Waals surface area contributed by atoms with E-state index < -0.39 is 23.5 Å². The van der Waals surface area contributed by atoms with E-state index in [0.717, 1.165) is 0 Å². The lowest BCUT2D eigenvalue weighted by molar-refractivity contribution is -0.143. The molecule has 0 fully saturated rings. The number of carbonyl (C=O) groups is 1. The van der Waals surface area contributed by atoms with Crippen molar-refractivity contribution in [2.75, 3.05) is 6.61 Å². The van der Waals surface area contributed by atoms with Crippen molar-refractivity contribution in [2.24, 2.45) is 0 Å². The van der Waals surface area contributed by atoms with E-state index in [1.165, 1.54) is 25.4 Å². The molecule has 2 aromatic heterocycles. The summed E-state index contributed by atoms with van der Waals surface area (Å²) in [6, 6.07) is 6.31. The maximum Gasteiger partial charge on any atom is 0.436 e. The molecule has 0 amide bonds. The number of halogens is 3. The normalized spacial score (nSPS) is 11.7. The molecule has 24 heavy (non-hydrogen) atoms. The highest BCUT2D eigenvalue weighted by atomic mass is 19.4. The molecule has 124 valence electrons. The van der Waals surface area contributed by atoms with Gasteiger partial charge >= 0.3 is 12.1 Å². The van der Waals surface area contributed by atoms with E-state index in [4.69, 9.17) is 0 Å². The molecule has 0 spiro atoms. The number of hydrogen-bond acceptors (Lipinski definition) is 5. The summed E-state index contributed by atoms with van der Waals surface area (Å²) >= 11 is 0. The van der Waals surface area contributed by atoms with Gasteiger partial charge in [-0.1, -0.05) is 17.3 Å². The van der Waals surface area contributed by atoms with Crippen LogP contribution in [0, 0.1) is 0 Å². The molecule has 9 heteroatoms. The van der Waals surface area contributed by atoms with Crippen molar-refractivity contribution < 1.29 is 22.7 Å². The number of carbonyl (C=O) groups excluding carboxylic acids is 1. The second-order valence-corrected chi connectivity index (χ2v) is 4.79. The fourth-order valence-corrected chi connectivity index (χ4v) is 2.33. The van der Waals surface area contributed by atoms with Gasteiger partial charge in [-0.2, -0.15) is 13.2 Å². The number of alkyl halides is 3. The molecule has 0 saturated carbocycles. The lowest BCUT2D eigenvalue weighted by atomic mass is 10.1. The lowest BCUT2D eigenvalue weighted by Gasteiger charge is -2.12. The van der Waals surface area contributed by atoms with Gasteiger partial charge in [0.2, 0.25) is 5.69 Å².